The summed E-state index contributed by atoms with van der Waals surface area (Å²) in [5.74, 6) is 0.654. The minimum atomic E-state index is -0.0156. The SMILES string of the molecule is COc1ccc(C)cc1NC(=O)CCCc1c(-c2ccccn2)[nH]c2ccccc12. The van der Waals surface area contributed by atoms with Crippen LogP contribution in [-0.4, -0.2) is 23.0 Å². The van der Waals surface area contributed by atoms with Gasteiger partial charge in [0.1, 0.15) is 5.75 Å². The number of H-pyrrole nitrogens is 1. The number of ether oxygens (including phenoxy) is 1. The molecule has 0 fully saturated rings. The first-order valence-electron chi connectivity index (χ1n) is 10.1. The van der Waals surface area contributed by atoms with E-state index in [0.29, 0.717) is 17.9 Å². The van der Waals surface area contributed by atoms with E-state index in [9.17, 15) is 4.79 Å². The van der Waals surface area contributed by atoms with Gasteiger partial charge in [-0.25, -0.2) is 0 Å². The minimum Gasteiger partial charge on any atom is -0.495 e. The number of aromatic amines is 1. The second kappa shape index (κ2) is 8.82. The molecule has 2 aromatic carbocycles. The Morgan fingerprint density at radius 3 is 2.73 bits per heavy atom. The van der Waals surface area contributed by atoms with Crippen molar-refractivity contribution in [2.45, 2.75) is 26.2 Å². The van der Waals surface area contributed by atoms with Gasteiger partial charge in [0.25, 0.3) is 0 Å². The fourth-order valence-electron chi connectivity index (χ4n) is 3.75. The monoisotopic (exact) mass is 399 g/mol. The highest BCUT2D eigenvalue weighted by Gasteiger charge is 2.14. The van der Waals surface area contributed by atoms with Crippen LogP contribution in [-0.2, 0) is 11.2 Å². The molecule has 0 atom stereocenters. The van der Waals surface area contributed by atoms with Crippen LogP contribution in [0.1, 0.15) is 24.0 Å². The average molecular weight is 399 g/mol. The molecule has 4 aromatic rings. The van der Waals surface area contributed by atoms with E-state index >= 15 is 0 Å². The molecule has 2 heterocycles. The van der Waals surface area contributed by atoms with E-state index in [2.05, 4.69) is 27.4 Å². The van der Waals surface area contributed by atoms with Crippen molar-refractivity contribution in [2.24, 2.45) is 0 Å². The van der Waals surface area contributed by atoms with Crippen molar-refractivity contribution in [1.29, 1.82) is 0 Å². The number of para-hydroxylation sites is 1. The average Bonchev–Trinajstić information content (AvgIpc) is 3.13. The zero-order chi connectivity index (χ0) is 20.9. The first kappa shape index (κ1) is 19.7. The van der Waals surface area contributed by atoms with Gasteiger partial charge < -0.3 is 15.0 Å². The Kier molecular flexibility index (Phi) is 5.80. The van der Waals surface area contributed by atoms with Crippen LogP contribution in [0.2, 0.25) is 0 Å². The summed E-state index contributed by atoms with van der Waals surface area (Å²) in [6.07, 6.45) is 3.75. The van der Waals surface area contributed by atoms with Gasteiger partial charge in [-0.1, -0.05) is 30.3 Å². The summed E-state index contributed by atoms with van der Waals surface area (Å²) in [5.41, 5.74) is 6.01. The molecule has 152 valence electrons. The maximum atomic E-state index is 12.6. The number of rotatable bonds is 7. The van der Waals surface area contributed by atoms with Gasteiger partial charge in [0.15, 0.2) is 0 Å². The summed E-state index contributed by atoms with van der Waals surface area (Å²) in [7, 11) is 1.61. The van der Waals surface area contributed by atoms with Crippen molar-refractivity contribution < 1.29 is 9.53 Å². The van der Waals surface area contributed by atoms with Crippen LogP contribution >= 0.6 is 0 Å². The highest BCUT2D eigenvalue weighted by molar-refractivity contribution is 5.93. The number of amides is 1. The summed E-state index contributed by atoms with van der Waals surface area (Å²) in [6.45, 7) is 1.99. The zero-order valence-electron chi connectivity index (χ0n) is 17.2. The van der Waals surface area contributed by atoms with Crippen LogP contribution in [0.5, 0.6) is 5.75 Å². The number of hydrogen-bond acceptors (Lipinski definition) is 3. The van der Waals surface area contributed by atoms with Gasteiger partial charge in [0, 0.05) is 23.5 Å². The van der Waals surface area contributed by atoms with Crippen molar-refractivity contribution >= 4 is 22.5 Å². The lowest BCUT2D eigenvalue weighted by Crippen LogP contribution is -2.12. The molecular weight excluding hydrogens is 374 g/mol. The van der Waals surface area contributed by atoms with E-state index in [-0.39, 0.29) is 5.91 Å². The van der Waals surface area contributed by atoms with Gasteiger partial charge in [0.2, 0.25) is 5.91 Å². The fraction of sp³-hybridized carbons (Fsp3) is 0.200. The van der Waals surface area contributed by atoms with Crippen molar-refractivity contribution in [3.05, 3.63) is 78.0 Å². The number of aromatic nitrogens is 2. The molecular formula is C25H25N3O2. The third-order valence-corrected chi connectivity index (χ3v) is 5.19. The zero-order valence-corrected chi connectivity index (χ0v) is 17.2. The minimum absolute atomic E-state index is 0.0156. The Morgan fingerprint density at radius 1 is 1.10 bits per heavy atom. The summed E-state index contributed by atoms with van der Waals surface area (Å²) in [5, 5.41) is 4.16. The van der Waals surface area contributed by atoms with Crippen LogP contribution in [0.4, 0.5) is 5.69 Å². The Balaban J connectivity index is 1.49. The van der Waals surface area contributed by atoms with E-state index in [4.69, 9.17) is 4.74 Å². The number of carbonyl (C=O) groups excluding carboxylic acids is 1. The normalized spacial score (nSPS) is 10.9. The number of nitrogens with one attached hydrogen (secondary N) is 2. The number of hydrogen-bond donors (Lipinski definition) is 2. The van der Waals surface area contributed by atoms with Crippen molar-refractivity contribution in [3.63, 3.8) is 0 Å². The second-order valence-corrected chi connectivity index (χ2v) is 7.34. The Bertz CT molecular complexity index is 1170. The number of pyridine rings is 1. The third-order valence-electron chi connectivity index (χ3n) is 5.19. The Hall–Kier alpha value is -3.60. The molecule has 2 N–H and O–H groups in total. The van der Waals surface area contributed by atoms with Crippen molar-refractivity contribution in [3.8, 4) is 17.1 Å². The van der Waals surface area contributed by atoms with Crippen molar-refractivity contribution in [2.75, 3.05) is 12.4 Å². The lowest BCUT2D eigenvalue weighted by molar-refractivity contribution is -0.116. The second-order valence-electron chi connectivity index (χ2n) is 7.34. The number of aryl methyl sites for hydroxylation is 2. The van der Waals surface area contributed by atoms with E-state index < -0.39 is 0 Å². The first-order valence-corrected chi connectivity index (χ1v) is 10.1. The quantitative estimate of drug-likeness (QED) is 0.431. The van der Waals surface area contributed by atoms with Gasteiger partial charge in [-0.15, -0.1) is 0 Å². The number of carbonyl (C=O) groups is 1. The smallest absolute Gasteiger partial charge is 0.224 e. The molecule has 0 unspecified atom stereocenters. The Labute approximate surface area is 176 Å². The largest absolute Gasteiger partial charge is 0.495 e. The summed E-state index contributed by atoms with van der Waals surface area (Å²) >= 11 is 0. The van der Waals surface area contributed by atoms with E-state index in [0.717, 1.165) is 35.3 Å². The number of methoxy groups -OCH3 is 1. The van der Waals surface area contributed by atoms with Crippen LogP contribution in [0.3, 0.4) is 0 Å². The van der Waals surface area contributed by atoms with Gasteiger partial charge in [-0.3, -0.25) is 9.78 Å². The van der Waals surface area contributed by atoms with E-state index in [1.807, 2.05) is 55.5 Å². The lowest BCUT2D eigenvalue weighted by Gasteiger charge is -2.11. The fourth-order valence-corrected chi connectivity index (χ4v) is 3.75. The van der Waals surface area contributed by atoms with Crippen LogP contribution in [0.15, 0.2) is 66.9 Å². The van der Waals surface area contributed by atoms with E-state index in [1.165, 1.54) is 10.9 Å². The lowest BCUT2D eigenvalue weighted by atomic mass is 10.0. The topological polar surface area (TPSA) is 67.0 Å². The van der Waals surface area contributed by atoms with Crippen LogP contribution < -0.4 is 10.1 Å². The highest BCUT2D eigenvalue weighted by Crippen LogP contribution is 2.31. The molecule has 1 amide bonds. The predicted molar refractivity (Wildman–Crippen MR) is 121 cm³/mol. The number of benzene rings is 2. The van der Waals surface area contributed by atoms with Gasteiger partial charge in [-0.05, 0) is 61.2 Å². The highest BCUT2D eigenvalue weighted by atomic mass is 16.5. The summed E-state index contributed by atoms with van der Waals surface area (Å²) < 4.78 is 5.35. The summed E-state index contributed by atoms with van der Waals surface area (Å²) in [4.78, 5) is 20.6. The number of anilines is 1. The molecule has 30 heavy (non-hydrogen) atoms. The third kappa shape index (κ3) is 4.20. The molecule has 0 spiro atoms. The maximum absolute atomic E-state index is 12.6. The molecule has 2 aromatic heterocycles. The molecule has 5 heteroatoms. The van der Waals surface area contributed by atoms with Crippen molar-refractivity contribution in [1.82, 2.24) is 9.97 Å². The molecule has 0 aliphatic heterocycles. The molecule has 0 saturated carbocycles. The standard InChI is InChI=1S/C25H25N3O2/c1-17-13-14-23(30-2)22(16-17)27-24(29)12-7-9-19-18-8-3-4-10-20(18)28-25(19)21-11-5-6-15-26-21/h3-6,8,10-11,13-16,28H,7,9,12H2,1-2H3,(H,27,29). The van der Waals surface area contributed by atoms with Gasteiger partial charge in [-0.2, -0.15) is 0 Å². The molecule has 4 rings (SSSR count). The molecule has 0 radical (unpaired) electrons. The molecule has 0 aliphatic rings. The van der Waals surface area contributed by atoms with E-state index in [1.54, 1.807) is 13.3 Å². The molecule has 5 nitrogen and oxygen atoms in total. The van der Waals surface area contributed by atoms with Gasteiger partial charge >= 0.3 is 0 Å². The predicted octanol–water partition coefficient (Wildman–Crippen LogP) is 5.51. The molecule has 0 bridgehead atoms. The number of fused-ring (bicyclic) bond motifs is 1. The van der Waals surface area contributed by atoms with Gasteiger partial charge in [0.05, 0.1) is 24.2 Å². The molecule has 0 saturated heterocycles. The Morgan fingerprint density at radius 2 is 1.93 bits per heavy atom. The van der Waals surface area contributed by atoms with Crippen LogP contribution in [0.25, 0.3) is 22.3 Å². The summed E-state index contributed by atoms with van der Waals surface area (Å²) in [6, 6.07) is 19.9. The first-order chi connectivity index (χ1) is 14.7. The van der Waals surface area contributed by atoms with Crippen LogP contribution in [0, 0.1) is 6.92 Å². The maximum Gasteiger partial charge on any atom is 0.224 e. The molecule has 0 aliphatic carbocycles. The number of nitrogens with zero attached hydrogens (tertiary/aromatic N) is 1.